The first-order valence-corrected chi connectivity index (χ1v) is 7.57. The van der Waals surface area contributed by atoms with Crippen molar-refractivity contribution >= 4 is 22.7 Å². The smallest absolute Gasteiger partial charge is 0.379 e. The summed E-state index contributed by atoms with van der Waals surface area (Å²) in [7, 11) is 1.23. The zero-order chi connectivity index (χ0) is 15.7. The highest BCUT2D eigenvalue weighted by Gasteiger charge is 2.26. The van der Waals surface area contributed by atoms with Crippen LogP contribution >= 0.6 is 0 Å². The molecule has 2 unspecified atom stereocenters. The van der Waals surface area contributed by atoms with Gasteiger partial charge in [0.05, 0.1) is 12.7 Å². The standard InChI is InChI=1S/C17H20N2O3/c1-11-9-12(7-8-18-11)19-10-14(16(20)17(21)22-2)13-5-3-4-6-15(13)19/h3-6,10-12,18H,7-9H2,1-2H3. The summed E-state index contributed by atoms with van der Waals surface area (Å²) in [5.74, 6) is -1.40. The van der Waals surface area contributed by atoms with Gasteiger partial charge in [0.15, 0.2) is 0 Å². The van der Waals surface area contributed by atoms with Crippen LogP contribution in [0.5, 0.6) is 0 Å². The first-order chi connectivity index (χ1) is 10.6. The highest BCUT2D eigenvalue weighted by Crippen LogP contribution is 2.30. The van der Waals surface area contributed by atoms with E-state index in [-0.39, 0.29) is 0 Å². The summed E-state index contributed by atoms with van der Waals surface area (Å²) in [5.41, 5.74) is 1.42. The Balaban J connectivity index is 2.08. The van der Waals surface area contributed by atoms with Gasteiger partial charge in [0, 0.05) is 29.2 Å². The number of fused-ring (bicyclic) bond motifs is 1. The number of hydrogen-bond acceptors (Lipinski definition) is 4. The molecule has 0 radical (unpaired) electrons. The average Bonchev–Trinajstić information content (AvgIpc) is 2.93. The molecule has 2 aromatic rings. The van der Waals surface area contributed by atoms with Crippen molar-refractivity contribution in [2.24, 2.45) is 0 Å². The molecule has 5 heteroatoms. The molecular weight excluding hydrogens is 280 g/mol. The van der Waals surface area contributed by atoms with Crippen molar-refractivity contribution in [2.75, 3.05) is 13.7 Å². The van der Waals surface area contributed by atoms with Crippen molar-refractivity contribution in [1.82, 2.24) is 9.88 Å². The van der Waals surface area contributed by atoms with Crippen LogP contribution in [0.1, 0.15) is 36.2 Å². The molecule has 5 nitrogen and oxygen atoms in total. The molecule has 2 heterocycles. The summed E-state index contributed by atoms with van der Waals surface area (Å²) in [6, 6.07) is 8.49. The van der Waals surface area contributed by atoms with E-state index in [1.165, 1.54) is 7.11 Å². The monoisotopic (exact) mass is 300 g/mol. The number of nitrogens with zero attached hydrogens (tertiary/aromatic N) is 1. The van der Waals surface area contributed by atoms with Crippen molar-refractivity contribution in [1.29, 1.82) is 0 Å². The third kappa shape index (κ3) is 2.52. The normalized spacial score (nSPS) is 21.7. The molecule has 0 bridgehead atoms. The highest BCUT2D eigenvalue weighted by molar-refractivity contribution is 6.43. The lowest BCUT2D eigenvalue weighted by Gasteiger charge is -2.29. The summed E-state index contributed by atoms with van der Waals surface area (Å²) < 4.78 is 6.72. The van der Waals surface area contributed by atoms with Gasteiger partial charge in [-0.15, -0.1) is 0 Å². The first-order valence-electron chi connectivity index (χ1n) is 7.57. The van der Waals surface area contributed by atoms with Crippen molar-refractivity contribution in [2.45, 2.75) is 31.8 Å². The van der Waals surface area contributed by atoms with E-state index in [1.54, 1.807) is 0 Å². The highest BCUT2D eigenvalue weighted by atomic mass is 16.5. The lowest BCUT2D eigenvalue weighted by atomic mass is 10.0. The van der Waals surface area contributed by atoms with Gasteiger partial charge in [0.1, 0.15) is 0 Å². The number of methoxy groups -OCH3 is 1. The Bertz CT molecular complexity index is 720. The molecule has 1 N–H and O–H groups in total. The lowest BCUT2D eigenvalue weighted by molar-refractivity contribution is -0.135. The quantitative estimate of drug-likeness (QED) is 0.537. The maximum absolute atomic E-state index is 12.2. The molecular formula is C17H20N2O3. The number of benzene rings is 1. The SMILES string of the molecule is COC(=O)C(=O)c1cn(C2CCNC(C)C2)c2ccccc12. The Hall–Kier alpha value is -2.14. The lowest BCUT2D eigenvalue weighted by Crippen LogP contribution is -2.36. The molecule has 1 aliphatic rings. The third-order valence-corrected chi connectivity index (χ3v) is 4.35. The summed E-state index contributed by atoms with van der Waals surface area (Å²) in [6.07, 6.45) is 3.83. The number of hydrogen-bond donors (Lipinski definition) is 1. The number of piperidine rings is 1. The van der Waals surface area contributed by atoms with Gasteiger partial charge in [-0.05, 0) is 32.4 Å². The van der Waals surface area contributed by atoms with Crippen molar-refractivity contribution < 1.29 is 14.3 Å². The van der Waals surface area contributed by atoms with E-state index in [0.717, 1.165) is 30.3 Å². The maximum Gasteiger partial charge on any atom is 0.379 e. The minimum Gasteiger partial charge on any atom is -0.463 e. The fraction of sp³-hybridized carbons (Fsp3) is 0.412. The summed E-state index contributed by atoms with van der Waals surface area (Å²) in [6.45, 7) is 3.12. The third-order valence-electron chi connectivity index (χ3n) is 4.35. The van der Waals surface area contributed by atoms with Gasteiger partial charge in [0.25, 0.3) is 5.78 Å². The van der Waals surface area contributed by atoms with E-state index in [4.69, 9.17) is 0 Å². The number of esters is 1. The zero-order valence-corrected chi connectivity index (χ0v) is 12.8. The Morgan fingerprint density at radius 3 is 2.82 bits per heavy atom. The van der Waals surface area contributed by atoms with Gasteiger partial charge in [-0.1, -0.05) is 18.2 Å². The van der Waals surface area contributed by atoms with Crippen LogP contribution in [0.4, 0.5) is 0 Å². The van der Waals surface area contributed by atoms with Crippen LogP contribution < -0.4 is 5.32 Å². The molecule has 1 saturated heterocycles. The number of carbonyl (C=O) groups excluding carboxylic acids is 2. The van der Waals surface area contributed by atoms with Crippen LogP contribution in [0.15, 0.2) is 30.5 Å². The molecule has 0 spiro atoms. The van der Waals surface area contributed by atoms with Crippen LogP contribution in [0, 0.1) is 0 Å². The molecule has 1 aromatic carbocycles. The van der Waals surface area contributed by atoms with Crippen LogP contribution in [0.2, 0.25) is 0 Å². The summed E-state index contributed by atoms with van der Waals surface area (Å²) >= 11 is 0. The Morgan fingerprint density at radius 1 is 1.32 bits per heavy atom. The summed E-state index contributed by atoms with van der Waals surface area (Å²) in [4.78, 5) is 23.9. The maximum atomic E-state index is 12.2. The second kappa shape index (κ2) is 5.93. The van der Waals surface area contributed by atoms with Crippen LogP contribution in [0.3, 0.4) is 0 Å². The molecule has 1 fully saturated rings. The molecule has 1 aromatic heterocycles. The summed E-state index contributed by atoms with van der Waals surface area (Å²) in [5, 5.41) is 4.24. The predicted octanol–water partition coefficient (Wildman–Crippen LogP) is 2.31. The number of carbonyl (C=O) groups is 2. The van der Waals surface area contributed by atoms with Crippen molar-refractivity contribution in [3.05, 3.63) is 36.0 Å². The molecule has 116 valence electrons. The van der Waals surface area contributed by atoms with Gasteiger partial charge < -0.3 is 14.6 Å². The number of rotatable bonds is 3. The van der Waals surface area contributed by atoms with Crippen molar-refractivity contribution in [3.63, 3.8) is 0 Å². The molecule has 0 aliphatic carbocycles. The van der Waals surface area contributed by atoms with Gasteiger partial charge in [0.2, 0.25) is 0 Å². The van der Waals surface area contributed by atoms with Gasteiger partial charge in [-0.3, -0.25) is 4.79 Å². The van der Waals surface area contributed by atoms with E-state index in [0.29, 0.717) is 17.6 Å². The fourth-order valence-electron chi connectivity index (χ4n) is 3.25. The largest absolute Gasteiger partial charge is 0.463 e. The van der Waals surface area contributed by atoms with E-state index < -0.39 is 11.8 Å². The molecule has 22 heavy (non-hydrogen) atoms. The second-order valence-corrected chi connectivity index (χ2v) is 5.82. The fourth-order valence-corrected chi connectivity index (χ4v) is 3.25. The predicted molar refractivity (Wildman–Crippen MR) is 84.0 cm³/mol. The van der Waals surface area contributed by atoms with E-state index >= 15 is 0 Å². The number of ketones is 1. The van der Waals surface area contributed by atoms with Crippen molar-refractivity contribution in [3.8, 4) is 0 Å². The number of aromatic nitrogens is 1. The Morgan fingerprint density at radius 2 is 2.09 bits per heavy atom. The van der Waals surface area contributed by atoms with Crippen LogP contribution in [0.25, 0.3) is 10.9 Å². The first kappa shape index (κ1) is 14.8. The Labute approximate surface area is 129 Å². The van der Waals surface area contributed by atoms with Gasteiger partial charge in [-0.25, -0.2) is 4.79 Å². The van der Waals surface area contributed by atoms with E-state index in [1.807, 2.05) is 30.5 Å². The Kier molecular flexibility index (Phi) is 3.98. The van der Waals surface area contributed by atoms with Gasteiger partial charge in [-0.2, -0.15) is 0 Å². The van der Waals surface area contributed by atoms with Gasteiger partial charge >= 0.3 is 5.97 Å². The molecule has 0 saturated carbocycles. The number of para-hydroxylation sites is 1. The van der Waals surface area contributed by atoms with Crippen LogP contribution in [-0.4, -0.2) is 36.0 Å². The molecule has 2 atom stereocenters. The van der Waals surface area contributed by atoms with E-state index in [9.17, 15) is 9.59 Å². The topological polar surface area (TPSA) is 60.3 Å². The number of ether oxygens (including phenoxy) is 1. The van der Waals surface area contributed by atoms with E-state index in [2.05, 4.69) is 21.5 Å². The molecule has 3 rings (SSSR count). The van der Waals surface area contributed by atoms with Crippen LogP contribution in [-0.2, 0) is 9.53 Å². The minimum absolute atomic E-state index is 0.334. The number of nitrogens with one attached hydrogen (secondary N) is 1. The molecule has 1 aliphatic heterocycles. The molecule has 0 amide bonds. The average molecular weight is 300 g/mol. The zero-order valence-electron chi connectivity index (χ0n) is 12.8. The second-order valence-electron chi connectivity index (χ2n) is 5.82. The number of Topliss-reactive ketones (excluding diaryl/α,β-unsaturated/α-hetero) is 1. The minimum atomic E-state index is -0.818.